The molecule has 1 saturated carbocycles. The van der Waals surface area contributed by atoms with Crippen LogP contribution in [0.5, 0.6) is 0 Å². The highest BCUT2D eigenvalue weighted by Crippen LogP contribution is 2.35. The molecule has 3 heterocycles. The molecule has 0 amide bonds. The molecule has 2 aliphatic rings. The number of aromatic nitrogens is 3. The van der Waals surface area contributed by atoms with Gasteiger partial charge >= 0.3 is 0 Å². The molecule has 0 saturated heterocycles. The third-order valence-electron chi connectivity index (χ3n) is 7.89. The molecule has 3 aromatic rings. The van der Waals surface area contributed by atoms with Crippen molar-refractivity contribution in [2.24, 2.45) is 18.9 Å². The molecule has 1 fully saturated rings. The van der Waals surface area contributed by atoms with Gasteiger partial charge in [-0.1, -0.05) is 25.0 Å². The topological polar surface area (TPSA) is 51.0 Å². The Morgan fingerprint density at radius 1 is 1.19 bits per heavy atom. The molecule has 1 aromatic carbocycles. The second-order valence-corrected chi connectivity index (χ2v) is 12.1. The van der Waals surface area contributed by atoms with Gasteiger partial charge in [-0.3, -0.25) is 14.4 Å². The van der Waals surface area contributed by atoms with Crippen molar-refractivity contribution in [3.63, 3.8) is 0 Å². The Hall–Kier alpha value is -2.19. The number of hydrogen-bond donors (Lipinski definition) is 0. The van der Waals surface area contributed by atoms with Crippen LogP contribution in [-0.2, 0) is 26.4 Å². The maximum atomic E-state index is 13.2. The number of nitrogens with zero attached hydrogens (tertiary/aromatic N) is 4. The normalized spacial score (nSPS) is 21.1. The molecule has 0 bridgehead atoms. The van der Waals surface area contributed by atoms with E-state index in [9.17, 15) is 13.6 Å². The van der Waals surface area contributed by atoms with Crippen LogP contribution in [0.3, 0.4) is 0 Å². The first-order chi connectivity index (χ1) is 17.2. The van der Waals surface area contributed by atoms with Gasteiger partial charge < -0.3 is 0 Å². The van der Waals surface area contributed by atoms with Crippen LogP contribution in [0.15, 0.2) is 24.4 Å². The molecule has 194 valence electrons. The number of carbonyl (C=O) groups excluding carboxylic acids is 1. The summed E-state index contributed by atoms with van der Waals surface area (Å²) in [4.78, 5) is 21.5. The Balaban J connectivity index is 1.06. The first-order valence-corrected chi connectivity index (χ1v) is 14.1. The third-order valence-corrected chi connectivity index (χ3v) is 9.10. The Bertz CT molecular complexity index is 1210. The number of aryl methyl sites for hydroxylation is 2. The summed E-state index contributed by atoms with van der Waals surface area (Å²) in [7, 11) is 1.89. The van der Waals surface area contributed by atoms with Gasteiger partial charge in [-0.2, -0.15) is 5.10 Å². The minimum absolute atomic E-state index is 0.128. The summed E-state index contributed by atoms with van der Waals surface area (Å²) in [5, 5.41) is 6.25. The SMILES string of the molecule is Cn1cc2c(C(=O)CC3CCC(CCN4CCc5sc(CCC(C)(F)F)nc5C4)CC3)cccc2n1. The summed E-state index contributed by atoms with van der Waals surface area (Å²) in [5.74, 6) is -1.19. The average molecular weight is 515 g/mol. The fraction of sp³-hybridized carbons (Fsp3) is 0.607. The van der Waals surface area contributed by atoms with E-state index in [1.54, 1.807) is 16.0 Å². The van der Waals surface area contributed by atoms with Gasteiger partial charge in [0.25, 0.3) is 0 Å². The number of carbonyl (C=O) groups is 1. The average Bonchev–Trinajstić information content (AvgIpc) is 3.43. The van der Waals surface area contributed by atoms with Crippen molar-refractivity contribution in [3.05, 3.63) is 45.5 Å². The van der Waals surface area contributed by atoms with Crippen molar-refractivity contribution < 1.29 is 13.6 Å². The molecule has 2 aromatic heterocycles. The molecule has 0 atom stereocenters. The van der Waals surface area contributed by atoms with Crippen LogP contribution in [0.25, 0.3) is 10.9 Å². The predicted octanol–water partition coefficient (Wildman–Crippen LogP) is 6.45. The van der Waals surface area contributed by atoms with Gasteiger partial charge in [0.2, 0.25) is 5.92 Å². The summed E-state index contributed by atoms with van der Waals surface area (Å²) >= 11 is 1.63. The number of alkyl halides is 2. The summed E-state index contributed by atoms with van der Waals surface area (Å²) in [6.07, 6.45) is 9.62. The van der Waals surface area contributed by atoms with Gasteiger partial charge in [0, 0.05) is 61.4 Å². The molecule has 36 heavy (non-hydrogen) atoms. The highest BCUT2D eigenvalue weighted by atomic mass is 32.1. The maximum Gasteiger partial charge on any atom is 0.245 e. The first-order valence-electron chi connectivity index (χ1n) is 13.3. The van der Waals surface area contributed by atoms with Crippen LogP contribution in [0.1, 0.15) is 77.8 Å². The summed E-state index contributed by atoms with van der Waals surface area (Å²) in [6.45, 7) is 3.92. The molecule has 8 heteroatoms. The van der Waals surface area contributed by atoms with Crippen LogP contribution in [0.2, 0.25) is 0 Å². The lowest BCUT2D eigenvalue weighted by Crippen LogP contribution is -2.32. The minimum atomic E-state index is -2.63. The Labute approximate surface area is 215 Å². The smallest absolute Gasteiger partial charge is 0.245 e. The van der Waals surface area contributed by atoms with Gasteiger partial charge in [-0.25, -0.2) is 13.8 Å². The van der Waals surface area contributed by atoms with E-state index >= 15 is 0 Å². The van der Waals surface area contributed by atoms with Crippen LogP contribution < -0.4 is 0 Å². The van der Waals surface area contributed by atoms with Crippen molar-refractivity contribution >= 4 is 28.0 Å². The third kappa shape index (κ3) is 6.20. The quantitative estimate of drug-likeness (QED) is 0.308. The predicted molar refractivity (Wildman–Crippen MR) is 140 cm³/mol. The lowest BCUT2D eigenvalue weighted by Gasteiger charge is -2.31. The second kappa shape index (κ2) is 10.7. The van der Waals surface area contributed by atoms with E-state index < -0.39 is 5.92 Å². The summed E-state index contributed by atoms with van der Waals surface area (Å²) in [6, 6.07) is 5.83. The molecule has 5 rings (SSSR count). The fourth-order valence-electron chi connectivity index (χ4n) is 5.80. The molecular weight excluding hydrogens is 478 g/mol. The van der Waals surface area contributed by atoms with E-state index in [0.29, 0.717) is 18.8 Å². The van der Waals surface area contributed by atoms with Gasteiger partial charge in [0.05, 0.1) is 16.2 Å². The molecule has 0 unspecified atom stereocenters. The number of hydrogen-bond acceptors (Lipinski definition) is 5. The van der Waals surface area contributed by atoms with E-state index in [0.717, 1.165) is 78.9 Å². The van der Waals surface area contributed by atoms with Crippen molar-refractivity contribution in [1.29, 1.82) is 0 Å². The van der Waals surface area contributed by atoms with E-state index in [-0.39, 0.29) is 12.2 Å². The zero-order valence-corrected chi connectivity index (χ0v) is 22.1. The van der Waals surface area contributed by atoms with Crippen molar-refractivity contribution in [2.75, 3.05) is 13.1 Å². The van der Waals surface area contributed by atoms with Crippen LogP contribution >= 0.6 is 11.3 Å². The molecular formula is C28H36F2N4OS. The van der Waals surface area contributed by atoms with E-state index in [1.165, 1.54) is 24.1 Å². The van der Waals surface area contributed by atoms with E-state index in [4.69, 9.17) is 0 Å². The number of rotatable bonds is 9. The molecule has 0 radical (unpaired) electrons. The molecule has 0 N–H and O–H groups in total. The van der Waals surface area contributed by atoms with E-state index in [2.05, 4.69) is 15.0 Å². The van der Waals surface area contributed by atoms with E-state index in [1.807, 2.05) is 31.4 Å². The molecule has 1 aliphatic heterocycles. The van der Waals surface area contributed by atoms with Crippen molar-refractivity contribution in [1.82, 2.24) is 19.7 Å². The minimum Gasteiger partial charge on any atom is -0.297 e. The first kappa shape index (κ1) is 25.5. The number of Topliss-reactive ketones (excluding diaryl/α,β-unsaturated/α-hetero) is 1. The van der Waals surface area contributed by atoms with Crippen LogP contribution in [0.4, 0.5) is 8.78 Å². The van der Waals surface area contributed by atoms with Gasteiger partial charge in [0.15, 0.2) is 5.78 Å². The van der Waals surface area contributed by atoms with Crippen LogP contribution in [0, 0.1) is 11.8 Å². The summed E-state index contributed by atoms with van der Waals surface area (Å²) in [5.41, 5.74) is 2.79. The van der Waals surface area contributed by atoms with Crippen molar-refractivity contribution in [3.8, 4) is 0 Å². The number of thiazole rings is 1. The van der Waals surface area contributed by atoms with Gasteiger partial charge in [-0.15, -0.1) is 11.3 Å². The van der Waals surface area contributed by atoms with Gasteiger partial charge in [0.1, 0.15) is 0 Å². The number of ketones is 1. The maximum absolute atomic E-state index is 13.2. The molecule has 1 aliphatic carbocycles. The molecule has 5 nitrogen and oxygen atoms in total. The number of halogens is 2. The zero-order chi connectivity index (χ0) is 25.3. The lowest BCUT2D eigenvalue weighted by atomic mass is 9.78. The largest absolute Gasteiger partial charge is 0.297 e. The highest BCUT2D eigenvalue weighted by molar-refractivity contribution is 7.11. The number of benzene rings is 1. The summed E-state index contributed by atoms with van der Waals surface area (Å²) < 4.78 is 28.2. The lowest BCUT2D eigenvalue weighted by molar-refractivity contribution is 0.0133. The monoisotopic (exact) mass is 514 g/mol. The van der Waals surface area contributed by atoms with Gasteiger partial charge in [-0.05, 0) is 57.1 Å². The zero-order valence-electron chi connectivity index (χ0n) is 21.3. The fourth-order valence-corrected chi connectivity index (χ4v) is 6.86. The Morgan fingerprint density at radius 3 is 2.75 bits per heavy atom. The highest BCUT2D eigenvalue weighted by Gasteiger charge is 2.27. The van der Waals surface area contributed by atoms with Crippen LogP contribution in [-0.4, -0.2) is 44.5 Å². The number of fused-ring (bicyclic) bond motifs is 2. The Morgan fingerprint density at radius 2 is 1.97 bits per heavy atom. The Kier molecular flexibility index (Phi) is 7.54. The standard InChI is InChI=1S/C28H36F2N4OS/c1-28(29,30)13-10-27-31-24-18-34(15-12-26(24)36-27)14-11-19-6-8-20(9-7-19)16-25(35)21-4-3-5-23-22(21)17-33(2)32-23/h3-5,17,19-20H,6-16,18H2,1-2H3. The molecule has 0 spiro atoms. The van der Waals surface area contributed by atoms with Crippen molar-refractivity contribution in [2.45, 2.75) is 77.2 Å². The second-order valence-electron chi connectivity index (χ2n) is 10.9.